The highest BCUT2D eigenvalue weighted by Gasteiger charge is 2.06. The number of primary amides is 1. The number of carbonyl (C=O) groups excluding carboxylic acids is 1. The zero-order chi connectivity index (χ0) is 13.1. The Morgan fingerprint density at radius 1 is 1.67 bits per heavy atom. The average molecular weight is 252 g/mol. The molecule has 0 spiro atoms. The quantitative estimate of drug-likeness (QED) is 0.613. The number of carbonyl (C=O) groups is 1. The summed E-state index contributed by atoms with van der Waals surface area (Å²) in [5.74, 6) is 1.04. The number of aryl methyl sites for hydroxylation is 1. The second-order valence-electron chi connectivity index (χ2n) is 3.51. The summed E-state index contributed by atoms with van der Waals surface area (Å²) in [5, 5.41) is 9.10. The van der Waals surface area contributed by atoms with Gasteiger partial charge in [0.15, 0.2) is 5.65 Å². The van der Waals surface area contributed by atoms with Crippen LogP contribution in [0.4, 0.5) is 10.6 Å². The average Bonchev–Trinajstić information content (AvgIpc) is 2.67. The molecule has 0 radical (unpaired) electrons. The first-order chi connectivity index (χ1) is 8.58. The van der Waals surface area contributed by atoms with Gasteiger partial charge in [-0.3, -0.25) is 0 Å². The van der Waals surface area contributed by atoms with Crippen molar-refractivity contribution >= 4 is 17.6 Å². The third-order valence-electron chi connectivity index (χ3n) is 2.22. The Bertz CT molecular complexity index is 631. The number of nitrogens with zero attached hydrogens (tertiary/aromatic N) is 3. The van der Waals surface area contributed by atoms with E-state index in [1.807, 2.05) is 0 Å². The van der Waals surface area contributed by atoms with Gasteiger partial charge in [0, 0.05) is 6.07 Å². The number of rotatable bonds is 4. The van der Waals surface area contributed by atoms with E-state index < -0.39 is 6.09 Å². The van der Waals surface area contributed by atoms with Crippen molar-refractivity contribution in [3.63, 3.8) is 0 Å². The standard InChI is InChI=1S/C9H12N6O3/c1-5-12-6(11-2-3-18-8(10)16)4-7-13-14-9(17)15(5)7/h4,11H,2-3H2,1H3,(H2,10,16)(H,14,17). The van der Waals surface area contributed by atoms with Crippen LogP contribution in [0.1, 0.15) is 5.82 Å². The number of nitrogens with one attached hydrogen (secondary N) is 2. The predicted molar refractivity (Wildman–Crippen MR) is 62.4 cm³/mol. The molecular weight excluding hydrogens is 240 g/mol. The molecule has 9 heteroatoms. The van der Waals surface area contributed by atoms with Crippen molar-refractivity contribution in [2.24, 2.45) is 5.73 Å². The molecule has 1 amide bonds. The summed E-state index contributed by atoms with van der Waals surface area (Å²) in [6.45, 7) is 2.18. The lowest BCUT2D eigenvalue weighted by molar-refractivity contribution is 0.161. The molecule has 9 nitrogen and oxygen atoms in total. The highest BCUT2D eigenvalue weighted by atomic mass is 16.5. The van der Waals surface area contributed by atoms with E-state index in [9.17, 15) is 9.59 Å². The number of H-pyrrole nitrogens is 1. The maximum absolute atomic E-state index is 11.4. The van der Waals surface area contributed by atoms with Crippen LogP contribution in [0.5, 0.6) is 0 Å². The molecular formula is C9H12N6O3. The maximum Gasteiger partial charge on any atom is 0.404 e. The summed E-state index contributed by atoms with van der Waals surface area (Å²) < 4.78 is 5.91. The van der Waals surface area contributed by atoms with Gasteiger partial charge in [-0.15, -0.1) is 0 Å². The van der Waals surface area contributed by atoms with E-state index >= 15 is 0 Å². The molecule has 0 unspecified atom stereocenters. The summed E-state index contributed by atoms with van der Waals surface area (Å²) in [5.41, 5.74) is 4.95. The van der Waals surface area contributed by atoms with Gasteiger partial charge in [-0.05, 0) is 6.92 Å². The van der Waals surface area contributed by atoms with Gasteiger partial charge < -0.3 is 15.8 Å². The van der Waals surface area contributed by atoms with Gasteiger partial charge >= 0.3 is 11.8 Å². The molecule has 0 aromatic carbocycles. The van der Waals surface area contributed by atoms with Crippen LogP contribution in [0, 0.1) is 6.92 Å². The molecule has 96 valence electrons. The van der Waals surface area contributed by atoms with Crippen LogP contribution in [0.15, 0.2) is 10.9 Å². The predicted octanol–water partition coefficient (Wildman–Crippen LogP) is -0.767. The van der Waals surface area contributed by atoms with Crippen molar-refractivity contribution in [2.75, 3.05) is 18.5 Å². The van der Waals surface area contributed by atoms with Crippen molar-refractivity contribution < 1.29 is 9.53 Å². The number of hydrogen-bond acceptors (Lipinski definition) is 6. The molecule has 0 fully saturated rings. The van der Waals surface area contributed by atoms with Crippen LogP contribution in [0.2, 0.25) is 0 Å². The lowest BCUT2D eigenvalue weighted by Gasteiger charge is -2.06. The smallest absolute Gasteiger partial charge is 0.404 e. The largest absolute Gasteiger partial charge is 0.448 e. The number of nitrogens with two attached hydrogens (primary N) is 1. The molecule has 18 heavy (non-hydrogen) atoms. The number of hydrogen-bond donors (Lipinski definition) is 3. The molecule has 0 aliphatic heterocycles. The van der Waals surface area contributed by atoms with Crippen molar-refractivity contribution in [1.29, 1.82) is 0 Å². The van der Waals surface area contributed by atoms with Crippen LogP contribution in [-0.4, -0.2) is 38.8 Å². The van der Waals surface area contributed by atoms with E-state index in [-0.39, 0.29) is 12.3 Å². The zero-order valence-corrected chi connectivity index (χ0v) is 9.64. The minimum Gasteiger partial charge on any atom is -0.448 e. The van der Waals surface area contributed by atoms with Crippen LogP contribution < -0.4 is 16.7 Å². The van der Waals surface area contributed by atoms with Gasteiger partial charge in [0.25, 0.3) is 0 Å². The molecule has 2 rings (SSSR count). The van der Waals surface area contributed by atoms with Gasteiger partial charge in [0.2, 0.25) is 0 Å². The lowest BCUT2D eigenvalue weighted by Crippen LogP contribution is -2.19. The Morgan fingerprint density at radius 3 is 3.17 bits per heavy atom. The third-order valence-corrected chi connectivity index (χ3v) is 2.22. The Balaban J connectivity index is 2.10. The number of anilines is 1. The molecule has 0 bridgehead atoms. The molecule has 0 saturated heterocycles. The first-order valence-corrected chi connectivity index (χ1v) is 5.19. The Hall–Kier alpha value is -2.58. The monoisotopic (exact) mass is 252 g/mol. The number of fused-ring (bicyclic) bond motifs is 1. The highest BCUT2D eigenvalue weighted by molar-refractivity contribution is 5.64. The second-order valence-corrected chi connectivity index (χ2v) is 3.51. The molecule has 2 aromatic rings. The first kappa shape index (κ1) is 11.9. The normalized spacial score (nSPS) is 10.5. The molecule has 2 heterocycles. The summed E-state index contributed by atoms with van der Waals surface area (Å²) in [6, 6.07) is 1.61. The van der Waals surface area contributed by atoms with E-state index in [4.69, 9.17) is 5.73 Å². The fourth-order valence-electron chi connectivity index (χ4n) is 1.52. The van der Waals surface area contributed by atoms with Crippen molar-refractivity contribution in [3.05, 3.63) is 22.4 Å². The highest BCUT2D eigenvalue weighted by Crippen LogP contribution is 2.07. The fraction of sp³-hybridized carbons (Fsp3) is 0.333. The number of aromatic amines is 1. The SMILES string of the molecule is Cc1nc(NCCOC(N)=O)cc2n[nH]c(=O)n12. The molecule has 0 aliphatic carbocycles. The lowest BCUT2D eigenvalue weighted by atomic mass is 10.5. The second kappa shape index (κ2) is 4.73. The van der Waals surface area contributed by atoms with Gasteiger partial charge in [-0.2, -0.15) is 5.10 Å². The number of ether oxygens (including phenoxy) is 1. The fourth-order valence-corrected chi connectivity index (χ4v) is 1.52. The van der Waals surface area contributed by atoms with E-state index in [1.54, 1.807) is 13.0 Å². The van der Waals surface area contributed by atoms with E-state index in [2.05, 4.69) is 25.2 Å². The summed E-state index contributed by atoms with van der Waals surface area (Å²) in [4.78, 5) is 25.9. The minimum absolute atomic E-state index is 0.134. The Labute approximate surface area is 101 Å². The van der Waals surface area contributed by atoms with Crippen molar-refractivity contribution in [3.8, 4) is 0 Å². The molecule has 4 N–H and O–H groups in total. The molecule has 0 saturated carbocycles. The van der Waals surface area contributed by atoms with Crippen LogP contribution in [0.3, 0.4) is 0 Å². The van der Waals surface area contributed by atoms with Crippen LogP contribution in [0.25, 0.3) is 5.65 Å². The minimum atomic E-state index is -0.824. The van der Waals surface area contributed by atoms with E-state index in [1.165, 1.54) is 4.40 Å². The summed E-state index contributed by atoms with van der Waals surface area (Å²) in [6.07, 6.45) is -0.824. The first-order valence-electron chi connectivity index (χ1n) is 5.19. The van der Waals surface area contributed by atoms with Gasteiger partial charge in [0.1, 0.15) is 18.2 Å². The van der Waals surface area contributed by atoms with E-state index in [0.717, 1.165) is 0 Å². The molecule has 0 atom stereocenters. The topological polar surface area (TPSA) is 127 Å². The van der Waals surface area contributed by atoms with Crippen LogP contribution >= 0.6 is 0 Å². The Kier molecular flexibility index (Phi) is 3.13. The van der Waals surface area contributed by atoms with Crippen molar-refractivity contribution in [1.82, 2.24) is 19.6 Å². The van der Waals surface area contributed by atoms with Gasteiger partial charge in [-0.1, -0.05) is 0 Å². The van der Waals surface area contributed by atoms with Gasteiger partial charge in [0.05, 0.1) is 6.54 Å². The number of aromatic nitrogens is 4. The molecule has 0 aliphatic rings. The third kappa shape index (κ3) is 2.39. The molecule has 2 aromatic heterocycles. The zero-order valence-electron chi connectivity index (χ0n) is 9.64. The number of amides is 1. The summed E-state index contributed by atoms with van der Waals surface area (Å²) >= 11 is 0. The Morgan fingerprint density at radius 2 is 2.44 bits per heavy atom. The van der Waals surface area contributed by atoms with Crippen molar-refractivity contribution in [2.45, 2.75) is 6.92 Å². The summed E-state index contributed by atoms with van der Waals surface area (Å²) in [7, 11) is 0. The van der Waals surface area contributed by atoms with Gasteiger partial charge in [-0.25, -0.2) is 24.1 Å². The maximum atomic E-state index is 11.4. The van der Waals surface area contributed by atoms with Crippen LogP contribution in [-0.2, 0) is 4.74 Å². The van der Waals surface area contributed by atoms with E-state index in [0.29, 0.717) is 23.8 Å².